The van der Waals surface area contributed by atoms with Gasteiger partial charge in [-0.05, 0) is 46.1 Å². The highest BCUT2D eigenvalue weighted by Crippen LogP contribution is 2.28. The highest BCUT2D eigenvalue weighted by Gasteiger charge is 2.38. The van der Waals surface area contributed by atoms with Gasteiger partial charge in [0.05, 0.1) is 0 Å². The van der Waals surface area contributed by atoms with E-state index in [4.69, 9.17) is 0 Å². The lowest BCUT2D eigenvalue weighted by Crippen LogP contribution is -2.62. The molecule has 0 bridgehead atoms. The Morgan fingerprint density at radius 1 is 1.12 bits per heavy atom. The Hall–Kier alpha value is -1.88. The van der Waals surface area contributed by atoms with Gasteiger partial charge in [-0.1, -0.05) is 30.3 Å². The van der Waals surface area contributed by atoms with Crippen LogP contribution in [0.2, 0.25) is 0 Å². The first kappa shape index (κ1) is 18.5. The molecule has 0 spiro atoms. The van der Waals surface area contributed by atoms with Crippen molar-refractivity contribution in [2.75, 3.05) is 7.05 Å². The van der Waals surface area contributed by atoms with Crippen LogP contribution in [-0.2, 0) is 16.1 Å². The zero-order valence-corrected chi connectivity index (χ0v) is 15.3. The van der Waals surface area contributed by atoms with Crippen LogP contribution >= 0.6 is 0 Å². The van der Waals surface area contributed by atoms with E-state index in [-0.39, 0.29) is 17.1 Å². The van der Waals surface area contributed by atoms with Gasteiger partial charge < -0.3 is 15.5 Å². The SMILES string of the molecule is CN(Cc1ccccc1)C(=O)C(=O)NC1CC(C)(C)NC(C)(C)C1. The average molecular weight is 331 g/mol. The molecule has 1 aromatic rings. The summed E-state index contributed by atoms with van der Waals surface area (Å²) in [6, 6.07) is 9.66. The minimum absolute atomic E-state index is 0.00201. The highest BCUT2D eigenvalue weighted by molar-refractivity contribution is 6.34. The number of hydrogen-bond donors (Lipinski definition) is 2. The number of amides is 2. The second kappa shape index (κ2) is 6.93. The molecular formula is C19H29N3O2. The van der Waals surface area contributed by atoms with Gasteiger partial charge in [-0.15, -0.1) is 0 Å². The lowest BCUT2D eigenvalue weighted by molar-refractivity contribution is -0.146. The van der Waals surface area contributed by atoms with E-state index in [9.17, 15) is 9.59 Å². The Bertz CT molecular complexity index is 580. The molecule has 5 heteroatoms. The summed E-state index contributed by atoms with van der Waals surface area (Å²) in [7, 11) is 1.66. The van der Waals surface area contributed by atoms with Crippen molar-refractivity contribution in [1.29, 1.82) is 0 Å². The molecule has 0 radical (unpaired) electrons. The predicted molar refractivity (Wildman–Crippen MR) is 95.4 cm³/mol. The van der Waals surface area contributed by atoms with Crippen molar-refractivity contribution < 1.29 is 9.59 Å². The second-order valence-electron chi connectivity index (χ2n) is 8.12. The van der Waals surface area contributed by atoms with Crippen LogP contribution in [0.1, 0.15) is 46.1 Å². The molecule has 0 aliphatic carbocycles. The number of nitrogens with zero attached hydrogens (tertiary/aromatic N) is 1. The van der Waals surface area contributed by atoms with Gasteiger partial charge in [0.25, 0.3) is 0 Å². The van der Waals surface area contributed by atoms with Crippen LogP contribution in [-0.4, -0.2) is 40.9 Å². The molecule has 24 heavy (non-hydrogen) atoms. The van der Waals surface area contributed by atoms with Gasteiger partial charge in [0.15, 0.2) is 0 Å². The maximum absolute atomic E-state index is 12.3. The van der Waals surface area contributed by atoms with Crippen molar-refractivity contribution in [1.82, 2.24) is 15.5 Å². The fourth-order valence-corrected chi connectivity index (χ4v) is 3.77. The highest BCUT2D eigenvalue weighted by atomic mass is 16.2. The number of likely N-dealkylation sites (N-methyl/N-ethyl adjacent to an activating group) is 1. The van der Waals surface area contributed by atoms with Gasteiger partial charge in [-0.3, -0.25) is 9.59 Å². The summed E-state index contributed by atoms with van der Waals surface area (Å²) >= 11 is 0. The van der Waals surface area contributed by atoms with Crippen molar-refractivity contribution >= 4 is 11.8 Å². The van der Waals surface area contributed by atoms with E-state index in [1.165, 1.54) is 4.90 Å². The van der Waals surface area contributed by atoms with Gasteiger partial charge >= 0.3 is 11.8 Å². The number of carbonyl (C=O) groups excluding carboxylic acids is 2. The number of carbonyl (C=O) groups is 2. The molecule has 0 aromatic heterocycles. The van der Waals surface area contributed by atoms with Crippen LogP contribution < -0.4 is 10.6 Å². The molecular weight excluding hydrogens is 302 g/mol. The molecule has 132 valence electrons. The summed E-state index contributed by atoms with van der Waals surface area (Å²) in [5.41, 5.74) is 0.863. The van der Waals surface area contributed by atoms with E-state index in [2.05, 4.69) is 38.3 Å². The third-order valence-electron chi connectivity index (χ3n) is 4.33. The maximum atomic E-state index is 12.3. The van der Waals surface area contributed by atoms with E-state index < -0.39 is 11.8 Å². The molecule has 2 N–H and O–H groups in total. The summed E-state index contributed by atoms with van der Waals surface area (Å²) < 4.78 is 0. The van der Waals surface area contributed by atoms with Crippen LogP contribution in [0, 0.1) is 0 Å². The van der Waals surface area contributed by atoms with Gasteiger partial charge in [0.1, 0.15) is 0 Å². The third-order valence-corrected chi connectivity index (χ3v) is 4.33. The Labute approximate surface area is 144 Å². The lowest BCUT2D eigenvalue weighted by Gasteiger charge is -2.46. The molecule has 2 rings (SSSR count). The molecule has 1 fully saturated rings. The minimum Gasteiger partial charge on any atom is -0.345 e. The minimum atomic E-state index is -0.521. The van der Waals surface area contributed by atoms with Gasteiger partial charge in [0.2, 0.25) is 0 Å². The monoisotopic (exact) mass is 331 g/mol. The molecule has 5 nitrogen and oxygen atoms in total. The number of hydrogen-bond acceptors (Lipinski definition) is 3. The molecule has 1 aliphatic rings. The summed E-state index contributed by atoms with van der Waals surface area (Å²) in [6.45, 7) is 8.91. The molecule has 1 heterocycles. The van der Waals surface area contributed by atoms with Crippen molar-refractivity contribution in [2.45, 2.75) is 64.2 Å². The van der Waals surface area contributed by atoms with Crippen LogP contribution in [0.15, 0.2) is 30.3 Å². The van der Waals surface area contributed by atoms with E-state index in [0.717, 1.165) is 18.4 Å². The molecule has 0 unspecified atom stereocenters. The fraction of sp³-hybridized carbons (Fsp3) is 0.579. The lowest BCUT2D eigenvalue weighted by atomic mass is 9.79. The number of rotatable bonds is 3. The first-order valence-corrected chi connectivity index (χ1v) is 8.47. The first-order chi connectivity index (χ1) is 11.1. The van der Waals surface area contributed by atoms with Gasteiger partial charge in [-0.25, -0.2) is 0 Å². The van der Waals surface area contributed by atoms with Crippen molar-refractivity contribution in [3.63, 3.8) is 0 Å². The molecule has 1 saturated heterocycles. The smallest absolute Gasteiger partial charge is 0.311 e. The van der Waals surface area contributed by atoms with Gasteiger partial charge in [-0.2, -0.15) is 0 Å². The molecule has 1 aromatic carbocycles. The van der Waals surface area contributed by atoms with Crippen LogP contribution in [0.4, 0.5) is 0 Å². The Morgan fingerprint density at radius 2 is 1.67 bits per heavy atom. The summed E-state index contributed by atoms with van der Waals surface area (Å²) in [5, 5.41) is 6.50. The van der Waals surface area contributed by atoms with E-state index in [0.29, 0.717) is 6.54 Å². The van der Waals surface area contributed by atoms with Crippen molar-refractivity contribution in [3.05, 3.63) is 35.9 Å². The first-order valence-electron chi connectivity index (χ1n) is 8.47. The number of piperidine rings is 1. The zero-order chi connectivity index (χ0) is 18.0. The number of benzene rings is 1. The number of nitrogens with one attached hydrogen (secondary N) is 2. The largest absolute Gasteiger partial charge is 0.345 e. The van der Waals surface area contributed by atoms with Crippen molar-refractivity contribution in [3.8, 4) is 0 Å². The zero-order valence-electron chi connectivity index (χ0n) is 15.3. The summed E-state index contributed by atoms with van der Waals surface area (Å²) in [4.78, 5) is 26.1. The van der Waals surface area contributed by atoms with Crippen LogP contribution in [0.3, 0.4) is 0 Å². The normalized spacial score (nSPS) is 19.5. The second-order valence-corrected chi connectivity index (χ2v) is 8.12. The topological polar surface area (TPSA) is 61.4 Å². The standard InChI is InChI=1S/C19H29N3O2/c1-18(2)11-15(12-19(3,4)21-18)20-16(23)17(24)22(5)13-14-9-7-6-8-10-14/h6-10,15,21H,11-13H2,1-5H3,(H,20,23). The molecule has 0 atom stereocenters. The molecule has 0 saturated carbocycles. The molecule has 2 amide bonds. The Kier molecular flexibility index (Phi) is 5.33. The Morgan fingerprint density at radius 3 is 2.21 bits per heavy atom. The summed E-state index contributed by atoms with van der Waals surface area (Å²) in [6.07, 6.45) is 1.61. The average Bonchev–Trinajstić information content (AvgIpc) is 2.43. The maximum Gasteiger partial charge on any atom is 0.311 e. The van der Waals surface area contributed by atoms with E-state index in [1.54, 1.807) is 7.05 Å². The van der Waals surface area contributed by atoms with E-state index >= 15 is 0 Å². The fourth-order valence-electron chi connectivity index (χ4n) is 3.77. The van der Waals surface area contributed by atoms with E-state index in [1.807, 2.05) is 30.3 Å². The summed E-state index contributed by atoms with van der Waals surface area (Å²) in [5.74, 6) is -1.01. The quantitative estimate of drug-likeness (QED) is 0.834. The third kappa shape index (κ3) is 5.06. The predicted octanol–water partition coefficient (Wildman–Crippen LogP) is 2.07. The molecule has 1 aliphatic heterocycles. The Balaban J connectivity index is 1.94. The van der Waals surface area contributed by atoms with Gasteiger partial charge in [0, 0.05) is 30.7 Å². The van der Waals surface area contributed by atoms with Crippen LogP contribution in [0.5, 0.6) is 0 Å². The van der Waals surface area contributed by atoms with Crippen molar-refractivity contribution in [2.24, 2.45) is 0 Å². The van der Waals surface area contributed by atoms with Crippen LogP contribution in [0.25, 0.3) is 0 Å².